The number of nitrogens with zero attached hydrogens (tertiary/aromatic N) is 1. The van der Waals surface area contributed by atoms with Gasteiger partial charge in [-0.05, 0) is 32.0 Å². The van der Waals surface area contributed by atoms with Crippen LogP contribution in [0.25, 0.3) is 0 Å². The number of rotatable bonds is 6. The Morgan fingerprint density at radius 3 is 2.90 bits per heavy atom. The van der Waals surface area contributed by atoms with Crippen LogP contribution in [-0.2, 0) is 6.42 Å². The number of nitrogens with one attached hydrogen (secondary N) is 2. The van der Waals surface area contributed by atoms with Crippen LogP contribution >= 0.6 is 23.2 Å². The molecule has 2 aromatic rings. The molecule has 6 heteroatoms. The zero-order chi connectivity index (χ0) is 14.5. The van der Waals surface area contributed by atoms with Crippen molar-refractivity contribution in [2.45, 2.75) is 25.8 Å². The van der Waals surface area contributed by atoms with Gasteiger partial charge in [-0.3, -0.25) is 0 Å². The standard InChI is InChI=1S/C14H16Cl2FN3/c1-9(13-10(15)4-5-11(17)14(13)16)18-6-2-3-12-19-7-8-20-12/h4-5,7-9,18H,2-3,6H2,1H3,(H,19,20). The Kier molecular flexibility index (Phi) is 5.40. The summed E-state index contributed by atoms with van der Waals surface area (Å²) in [6.45, 7) is 2.68. The van der Waals surface area contributed by atoms with Crippen molar-refractivity contribution in [3.05, 3.63) is 51.8 Å². The highest BCUT2D eigenvalue weighted by Crippen LogP contribution is 2.32. The minimum absolute atomic E-state index is 0.0866. The van der Waals surface area contributed by atoms with E-state index >= 15 is 0 Å². The van der Waals surface area contributed by atoms with Crippen molar-refractivity contribution in [2.75, 3.05) is 6.54 Å². The van der Waals surface area contributed by atoms with E-state index in [0.717, 1.165) is 25.2 Å². The van der Waals surface area contributed by atoms with Gasteiger partial charge >= 0.3 is 0 Å². The first-order valence-corrected chi connectivity index (χ1v) is 7.20. The number of hydrogen-bond donors (Lipinski definition) is 2. The Labute approximate surface area is 127 Å². The highest BCUT2D eigenvalue weighted by Gasteiger charge is 2.16. The van der Waals surface area contributed by atoms with Gasteiger partial charge in [-0.1, -0.05) is 23.2 Å². The van der Waals surface area contributed by atoms with Crippen molar-refractivity contribution in [3.63, 3.8) is 0 Å². The molecule has 0 saturated carbocycles. The van der Waals surface area contributed by atoms with Gasteiger partial charge in [0.25, 0.3) is 0 Å². The van der Waals surface area contributed by atoms with E-state index in [1.807, 2.05) is 6.92 Å². The number of H-pyrrole nitrogens is 1. The Morgan fingerprint density at radius 1 is 1.40 bits per heavy atom. The molecule has 3 nitrogen and oxygen atoms in total. The fourth-order valence-electron chi connectivity index (χ4n) is 2.05. The Morgan fingerprint density at radius 2 is 2.20 bits per heavy atom. The number of aromatic nitrogens is 2. The lowest BCUT2D eigenvalue weighted by Gasteiger charge is -2.17. The lowest BCUT2D eigenvalue weighted by Crippen LogP contribution is -2.21. The van der Waals surface area contributed by atoms with Crippen LogP contribution in [0.3, 0.4) is 0 Å². The van der Waals surface area contributed by atoms with Crippen LogP contribution in [0.15, 0.2) is 24.5 Å². The molecule has 1 aromatic carbocycles. The third-order valence-electron chi connectivity index (χ3n) is 3.11. The monoisotopic (exact) mass is 315 g/mol. The summed E-state index contributed by atoms with van der Waals surface area (Å²) in [7, 11) is 0. The quantitative estimate of drug-likeness (QED) is 0.621. The zero-order valence-electron chi connectivity index (χ0n) is 11.1. The van der Waals surface area contributed by atoms with Gasteiger partial charge in [-0.15, -0.1) is 0 Å². The molecule has 0 aliphatic heterocycles. The first kappa shape index (κ1) is 15.3. The lowest BCUT2D eigenvalue weighted by atomic mass is 10.1. The third-order valence-corrected chi connectivity index (χ3v) is 3.82. The average molecular weight is 316 g/mol. The molecule has 1 aromatic heterocycles. The van der Waals surface area contributed by atoms with Gasteiger partial charge in [0.2, 0.25) is 0 Å². The van der Waals surface area contributed by atoms with E-state index in [-0.39, 0.29) is 11.1 Å². The number of imidazole rings is 1. The van der Waals surface area contributed by atoms with Crippen molar-refractivity contribution in [2.24, 2.45) is 0 Å². The fraction of sp³-hybridized carbons (Fsp3) is 0.357. The van der Waals surface area contributed by atoms with Crippen LogP contribution in [0.5, 0.6) is 0 Å². The SMILES string of the molecule is CC(NCCCc1ncc[nH]1)c1c(Cl)ccc(F)c1Cl. The van der Waals surface area contributed by atoms with Gasteiger partial charge in [0.05, 0.1) is 5.02 Å². The molecule has 0 radical (unpaired) electrons. The van der Waals surface area contributed by atoms with Crippen molar-refractivity contribution >= 4 is 23.2 Å². The number of halogens is 3. The van der Waals surface area contributed by atoms with E-state index in [0.29, 0.717) is 10.6 Å². The lowest BCUT2D eigenvalue weighted by molar-refractivity contribution is 0.549. The Hall–Kier alpha value is -1.10. The number of benzene rings is 1. The van der Waals surface area contributed by atoms with Crippen molar-refractivity contribution < 1.29 is 4.39 Å². The number of aromatic amines is 1. The van der Waals surface area contributed by atoms with Crippen molar-refractivity contribution in [1.82, 2.24) is 15.3 Å². The molecule has 1 atom stereocenters. The highest BCUT2D eigenvalue weighted by molar-refractivity contribution is 6.36. The molecule has 0 fully saturated rings. The molecule has 1 unspecified atom stereocenters. The molecule has 20 heavy (non-hydrogen) atoms. The molecule has 1 heterocycles. The average Bonchev–Trinajstić information content (AvgIpc) is 2.93. The van der Waals surface area contributed by atoms with E-state index in [9.17, 15) is 4.39 Å². The minimum Gasteiger partial charge on any atom is -0.349 e. The molecule has 0 spiro atoms. The van der Waals surface area contributed by atoms with E-state index in [1.165, 1.54) is 12.1 Å². The zero-order valence-corrected chi connectivity index (χ0v) is 12.6. The van der Waals surface area contributed by atoms with Crippen LogP contribution in [0.1, 0.15) is 30.8 Å². The maximum Gasteiger partial charge on any atom is 0.142 e. The normalized spacial score (nSPS) is 12.6. The Balaban J connectivity index is 1.89. The van der Waals surface area contributed by atoms with Gasteiger partial charge in [0.1, 0.15) is 11.6 Å². The first-order valence-electron chi connectivity index (χ1n) is 6.44. The number of hydrogen-bond acceptors (Lipinski definition) is 2. The van der Waals surface area contributed by atoms with Crippen molar-refractivity contribution in [3.8, 4) is 0 Å². The summed E-state index contributed by atoms with van der Waals surface area (Å²) >= 11 is 12.1. The molecule has 108 valence electrons. The predicted molar refractivity (Wildman–Crippen MR) is 79.7 cm³/mol. The van der Waals surface area contributed by atoms with Crippen LogP contribution in [0, 0.1) is 5.82 Å². The van der Waals surface area contributed by atoms with Gasteiger partial charge < -0.3 is 10.3 Å². The smallest absolute Gasteiger partial charge is 0.142 e. The fourth-order valence-corrected chi connectivity index (χ4v) is 2.75. The van der Waals surface area contributed by atoms with Gasteiger partial charge in [-0.2, -0.15) is 0 Å². The summed E-state index contributed by atoms with van der Waals surface area (Å²) in [6, 6.07) is 2.69. The maximum atomic E-state index is 13.5. The molecule has 2 N–H and O–H groups in total. The first-order chi connectivity index (χ1) is 9.59. The molecular formula is C14H16Cl2FN3. The van der Waals surface area contributed by atoms with E-state index < -0.39 is 5.82 Å². The molecule has 0 saturated heterocycles. The topological polar surface area (TPSA) is 40.7 Å². The molecule has 0 bridgehead atoms. The van der Waals surface area contributed by atoms with Crippen molar-refractivity contribution in [1.29, 1.82) is 0 Å². The predicted octanol–water partition coefficient (Wildman–Crippen LogP) is 4.14. The number of aryl methyl sites for hydroxylation is 1. The van der Waals surface area contributed by atoms with E-state index in [2.05, 4.69) is 15.3 Å². The molecule has 0 amide bonds. The van der Waals surface area contributed by atoms with Gasteiger partial charge in [0.15, 0.2) is 0 Å². The summed E-state index contributed by atoms with van der Waals surface area (Å²) in [5, 5.41) is 3.85. The summed E-state index contributed by atoms with van der Waals surface area (Å²) < 4.78 is 13.5. The second-order valence-electron chi connectivity index (χ2n) is 4.57. The maximum absolute atomic E-state index is 13.5. The highest BCUT2D eigenvalue weighted by atomic mass is 35.5. The summed E-state index contributed by atoms with van der Waals surface area (Å²) in [5.74, 6) is 0.511. The second kappa shape index (κ2) is 7.07. The van der Waals surface area contributed by atoms with Crippen LogP contribution in [0.4, 0.5) is 4.39 Å². The second-order valence-corrected chi connectivity index (χ2v) is 5.36. The molecule has 0 aliphatic carbocycles. The van der Waals surface area contributed by atoms with Crippen LogP contribution in [0.2, 0.25) is 10.0 Å². The van der Waals surface area contributed by atoms with E-state index in [1.54, 1.807) is 12.4 Å². The minimum atomic E-state index is -0.449. The summed E-state index contributed by atoms with van der Waals surface area (Å²) in [6.07, 6.45) is 5.31. The largest absolute Gasteiger partial charge is 0.349 e. The summed E-state index contributed by atoms with van der Waals surface area (Å²) in [5.41, 5.74) is 0.603. The Bertz CT molecular complexity index is 558. The summed E-state index contributed by atoms with van der Waals surface area (Å²) in [4.78, 5) is 7.21. The third kappa shape index (κ3) is 3.72. The van der Waals surface area contributed by atoms with E-state index in [4.69, 9.17) is 23.2 Å². The van der Waals surface area contributed by atoms with Gasteiger partial charge in [0, 0.05) is 35.4 Å². The van der Waals surface area contributed by atoms with Crippen LogP contribution < -0.4 is 5.32 Å². The molecular weight excluding hydrogens is 300 g/mol. The van der Waals surface area contributed by atoms with Gasteiger partial charge in [-0.25, -0.2) is 9.37 Å². The van der Waals surface area contributed by atoms with Crippen LogP contribution in [-0.4, -0.2) is 16.5 Å². The molecule has 2 rings (SSSR count). The molecule has 0 aliphatic rings.